The van der Waals surface area contributed by atoms with Crippen molar-refractivity contribution in [3.8, 4) is 0 Å². The fourth-order valence-electron chi connectivity index (χ4n) is 3.65. The molecule has 1 N–H and O–H groups in total. The average molecular weight is 308 g/mol. The monoisotopic (exact) mass is 307 g/mol. The van der Waals surface area contributed by atoms with Gasteiger partial charge < -0.3 is 10.2 Å². The molecule has 4 heteroatoms. The van der Waals surface area contributed by atoms with Crippen LogP contribution < -0.4 is 10.2 Å². The summed E-state index contributed by atoms with van der Waals surface area (Å²) in [4.78, 5) is 5.15. The summed E-state index contributed by atoms with van der Waals surface area (Å²) < 4.78 is 0. The van der Waals surface area contributed by atoms with E-state index in [0.717, 1.165) is 43.7 Å². The van der Waals surface area contributed by atoms with Gasteiger partial charge in [-0.05, 0) is 44.0 Å². The zero-order chi connectivity index (χ0) is 14.7. The van der Waals surface area contributed by atoms with Crippen molar-refractivity contribution in [2.24, 2.45) is 0 Å². The molecule has 2 aliphatic heterocycles. The standard InChI is InChI=1S/C17H26ClN3/c1-2-8-19-12-14-5-3-7-16(18)17(14)21-11-10-20-9-4-6-15(20)13-21/h3,5,7,15,19H,2,4,6,8-13H2,1H3. The van der Waals surface area contributed by atoms with Gasteiger partial charge >= 0.3 is 0 Å². The van der Waals surface area contributed by atoms with Crippen molar-refractivity contribution in [3.63, 3.8) is 0 Å². The molecule has 2 aliphatic rings. The highest BCUT2D eigenvalue weighted by molar-refractivity contribution is 6.33. The van der Waals surface area contributed by atoms with E-state index in [2.05, 4.69) is 34.2 Å². The fourth-order valence-corrected chi connectivity index (χ4v) is 3.96. The lowest BCUT2D eigenvalue weighted by Gasteiger charge is -2.40. The van der Waals surface area contributed by atoms with E-state index in [-0.39, 0.29) is 0 Å². The van der Waals surface area contributed by atoms with Gasteiger partial charge in [-0.15, -0.1) is 0 Å². The maximum Gasteiger partial charge on any atom is 0.0642 e. The first-order valence-electron chi connectivity index (χ1n) is 8.26. The Bertz CT molecular complexity index is 477. The van der Waals surface area contributed by atoms with Gasteiger partial charge in [0.1, 0.15) is 0 Å². The lowest BCUT2D eigenvalue weighted by Crippen LogP contribution is -2.50. The summed E-state index contributed by atoms with van der Waals surface area (Å²) in [5.41, 5.74) is 2.59. The van der Waals surface area contributed by atoms with E-state index >= 15 is 0 Å². The smallest absolute Gasteiger partial charge is 0.0642 e. The summed E-state index contributed by atoms with van der Waals surface area (Å²) in [6.07, 6.45) is 3.85. The average Bonchev–Trinajstić information content (AvgIpc) is 2.95. The van der Waals surface area contributed by atoms with Gasteiger partial charge in [-0.2, -0.15) is 0 Å². The number of nitrogens with one attached hydrogen (secondary N) is 1. The Balaban J connectivity index is 1.76. The molecular formula is C17H26ClN3. The fraction of sp³-hybridized carbons (Fsp3) is 0.647. The Morgan fingerprint density at radius 2 is 2.19 bits per heavy atom. The molecule has 0 bridgehead atoms. The van der Waals surface area contributed by atoms with Crippen molar-refractivity contribution in [2.75, 3.05) is 37.6 Å². The molecule has 3 rings (SSSR count). The molecule has 2 heterocycles. The second kappa shape index (κ2) is 6.99. The molecule has 116 valence electrons. The van der Waals surface area contributed by atoms with Crippen molar-refractivity contribution in [3.05, 3.63) is 28.8 Å². The Morgan fingerprint density at radius 3 is 3.05 bits per heavy atom. The number of benzene rings is 1. The second-order valence-corrected chi connectivity index (χ2v) is 6.61. The molecule has 2 saturated heterocycles. The van der Waals surface area contributed by atoms with Crippen LogP contribution in [-0.4, -0.2) is 43.7 Å². The van der Waals surface area contributed by atoms with E-state index in [0.29, 0.717) is 0 Å². The van der Waals surface area contributed by atoms with E-state index in [1.54, 1.807) is 0 Å². The van der Waals surface area contributed by atoms with Crippen LogP contribution in [0.3, 0.4) is 0 Å². The predicted octanol–water partition coefficient (Wildman–Crippen LogP) is 3.12. The van der Waals surface area contributed by atoms with Crippen LogP contribution in [0.2, 0.25) is 5.02 Å². The number of hydrogen-bond donors (Lipinski definition) is 1. The summed E-state index contributed by atoms with van der Waals surface area (Å²) in [6.45, 7) is 8.86. The van der Waals surface area contributed by atoms with E-state index < -0.39 is 0 Å². The SMILES string of the molecule is CCCNCc1cccc(Cl)c1N1CCN2CCCC2C1. The molecule has 1 aromatic carbocycles. The first-order valence-corrected chi connectivity index (χ1v) is 8.64. The molecule has 1 unspecified atom stereocenters. The molecule has 0 aromatic heterocycles. The predicted molar refractivity (Wildman–Crippen MR) is 90.3 cm³/mol. The minimum absolute atomic E-state index is 0.728. The third-order valence-electron chi connectivity index (χ3n) is 4.72. The van der Waals surface area contributed by atoms with Gasteiger partial charge in [0.2, 0.25) is 0 Å². The molecule has 21 heavy (non-hydrogen) atoms. The number of hydrogen-bond acceptors (Lipinski definition) is 3. The van der Waals surface area contributed by atoms with Crippen molar-refractivity contribution in [2.45, 2.75) is 38.8 Å². The van der Waals surface area contributed by atoms with Crippen molar-refractivity contribution in [1.29, 1.82) is 0 Å². The lowest BCUT2D eigenvalue weighted by molar-refractivity contribution is 0.231. The molecule has 0 amide bonds. The van der Waals surface area contributed by atoms with Crippen molar-refractivity contribution >= 4 is 17.3 Å². The van der Waals surface area contributed by atoms with Gasteiger partial charge in [-0.25, -0.2) is 0 Å². The van der Waals surface area contributed by atoms with E-state index in [1.807, 2.05) is 6.07 Å². The maximum absolute atomic E-state index is 6.54. The summed E-state index contributed by atoms with van der Waals surface area (Å²) in [5.74, 6) is 0. The molecule has 0 spiro atoms. The van der Waals surface area contributed by atoms with Gasteiger partial charge in [0.15, 0.2) is 0 Å². The third kappa shape index (κ3) is 3.36. The Labute approximate surface area is 133 Å². The summed E-state index contributed by atoms with van der Waals surface area (Å²) in [6, 6.07) is 7.04. The number of nitrogens with zero attached hydrogens (tertiary/aromatic N) is 2. The second-order valence-electron chi connectivity index (χ2n) is 6.20. The first kappa shape index (κ1) is 15.1. The minimum atomic E-state index is 0.728. The van der Waals surface area contributed by atoms with Gasteiger partial charge in [-0.3, -0.25) is 4.90 Å². The largest absolute Gasteiger partial charge is 0.367 e. The highest BCUT2D eigenvalue weighted by Gasteiger charge is 2.31. The molecule has 2 fully saturated rings. The number of piperazine rings is 1. The van der Waals surface area contributed by atoms with Crippen LogP contribution in [0, 0.1) is 0 Å². The molecule has 3 nitrogen and oxygen atoms in total. The number of anilines is 1. The van der Waals surface area contributed by atoms with Gasteiger partial charge in [0.05, 0.1) is 10.7 Å². The number of rotatable bonds is 5. The third-order valence-corrected chi connectivity index (χ3v) is 5.02. The number of fused-ring (bicyclic) bond motifs is 1. The normalized spacial score (nSPS) is 22.6. The Kier molecular flexibility index (Phi) is 5.04. The summed E-state index contributed by atoms with van der Waals surface area (Å²) in [5, 5.41) is 4.41. The molecular weight excluding hydrogens is 282 g/mol. The van der Waals surface area contributed by atoms with Crippen LogP contribution in [0.4, 0.5) is 5.69 Å². The Hall–Kier alpha value is -0.770. The summed E-state index contributed by atoms with van der Waals surface area (Å²) >= 11 is 6.54. The van der Waals surface area contributed by atoms with Gasteiger partial charge in [0, 0.05) is 32.2 Å². The van der Waals surface area contributed by atoms with Crippen LogP contribution in [-0.2, 0) is 6.54 Å². The molecule has 0 aliphatic carbocycles. The van der Waals surface area contributed by atoms with Gasteiger partial charge in [-0.1, -0.05) is 30.7 Å². The molecule has 1 atom stereocenters. The zero-order valence-corrected chi connectivity index (χ0v) is 13.7. The van der Waals surface area contributed by atoms with Crippen LogP contribution >= 0.6 is 11.6 Å². The maximum atomic E-state index is 6.54. The lowest BCUT2D eigenvalue weighted by atomic mass is 10.1. The minimum Gasteiger partial charge on any atom is -0.367 e. The Morgan fingerprint density at radius 1 is 1.29 bits per heavy atom. The van der Waals surface area contributed by atoms with Crippen LogP contribution in [0.1, 0.15) is 31.7 Å². The summed E-state index contributed by atoms with van der Waals surface area (Å²) in [7, 11) is 0. The highest BCUT2D eigenvalue weighted by Crippen LogP contribution is 2.33. The molecule has 0 radical (unpaired) electrons. The number of halogens is 1. The molecule has 1 aromatic rings. The first-order chi connectivity index (χ1) is 10.3. The van der Waals surface area contributed by atoms with E-state index in [4.69, 9.17) is 11.6 Å². The van der Waals surface area contributed by atoms with E-state index in [1.165, 1.54) is 37.2 Å². The molecule has 0 saturated carbocycles. The zero-order valence-electron chi connectivity index (χ0n) is 12.9. The van der Waals surface area contributed by atoms with Crippen LogP contribution in [0.15, 0.2) is 18.2 Å². The topological polar surface area (TPSA) is 18.5 Å². The number of para-hydroxylation sites is 1. The van der Waals surface area contributed by atoms with Crippen molar-refractivity contribution in [1.82, 2.24) is 10.2 Å². The van der Waals surface area contributed by atoms with Crippen molar-refractivity contribution < 1.29 is 0 Å². The quantitative estimate of drug-likeness (QED) is 0.843. The highest BCUT2D eigenvalue weighted by atomic mass is 35.5. The van der Waals surface area contributed by atoms with Gasteiger partial charge in [0.25, 0.3) is 0 Å². The van der Waals surface area contributed by atoms with Crippen LogP contribution in [0.5, 0.6) is 0 Å². The van der Waals surface area contributed by atoms with Crippen LogP contribution in [0.25, 0.3) is 0 Å². The van der Waals surface area contributed by atoms with E-state index in [9.17, 15) is 0 Å².